The van der Waals surface area contributed by atoms with Gasteiger partial charge in [-0.15, -0.1) is 0 Å². The molecular weight excluding hydrogens is 258 g/mol. The van der Waals surface area contributed by atoms with Gasteiger partial charge in [-0.25, -0.2) is 9.59 Å². The Kier molecular flexibility index (Phi) is 4.22. The van der Waals surface area contributed by atoms with Crippen molar-refractivity contribution in [1.82, 2.24) is 14.7 Å². The summed E-state index contributed by atoms with van der Waals surface area (Å²) in [6.45, 7) is 3.92. The molecule has 2 saturated heterocycles. The second kappa shape index (κ2) is 5.60. The summed E-state index contributed by atoms with van der Waals surface area (Å²) in [5, 5.41) is 9.38. The monoisotopic (exact) mass is 283 g/mol. The summed E-state index contributed by atoms with van der Waals surface area (Å²) < 4.78 is 0. The smallest absolute Gasteiger partial charge is 0.329 e. The summed E-state index contributed by atoms with van der Waals surface area (Å²) in [6, 6.07) is 0.232. The van der Waals surface area contributed by atoms with E-state index in [1.165, 1.54) is 11.3 Å². The van der Waals surface area contributed by atoms with Crippen LogP contribution in [0.1, 0.15) is 32.6 Å². The first-order chi connectivity index (χ1) is 9.36. The highest BCUT2D eigenvalue weighted by molar-refractivity contribution is 5.86. The van der Waals surface area contributed by atoms with Crippen molar-refractivity contribution in [3.63, 3.8) is 0 Å². The van der Waals surface area contributed by atoms with Crippen LogP contribution >= 0.6 is 0 Å². The van der Waals surface area contributed by atoms with Crippen molar-refractivity contribution in [2.24, 2.45) is 0 Å². The van der Waals surface area contributed by atoms with E-state index in [4.69, 9.17) is 0 Å². The van der Waals surface area contributed by atoms with Gasteiger partial charge in [-0.2, -0.15) is 0 Å². The van der Waals surface area contributed by atoms with Crippen LogP contribution in [0.5, 0.6) is 0 Å². The molecule has 20 heavy (non-hydrogen) atoms. The Bertz CT molecular complexity index is 401. The summed E-state index contributed by atoms with van der Waals surface area (Å²) in [6.07, 6.45) is 3.56. The van der Waals surface area contributed by atoms with Gasteiger partial charge in [0.15, 0.2) is 0 Å². The first kappa shape index (κ1) is 15.1. The van der Waals surface area contributed by atoms with Gasteiger partial charge in [0.2, 0.25) is 0 Å². The molecule has 0 radical (unpaired) electrons. The number of hydrogen-bond acceptors (Lipinski definition) is 3. The molecule has 0 aliphatic carbocycles. The molecule has 0 saturated carbocycles. The lowest BCUT2D eigenvalue weighted by Gasteiger charge is -2.35. The second-order valence-corrected chi connectivity index (χ2v) is 6.27. The van der Waals surface area contributed by atoms with Gasteiger partial charge in [-0.05, 0) is 46.2 Å². The Hall–Kier alpha value is -1.30. The van der Waals surface area contributed by atoms with Crippen LogP contribution in [0.15, 0.2) is 0 Å². The minimum absolute atomic E-state index is 0.160. The van der Waals surface area contributed by atoms with E-state index in [9.17, 15) is 14.7 Å². The maximum atomic E-state index is 12.5. The van der Waals surface area contributed by atoms with Crippen LogP contribution in [0.3, 0.4) is 0 Å². The van der Waals surface area contributed by atoms with E-state index in [1.807, 2.05) is 0 Å². The SMILES string of the molecule is CN(CC1CCCN1C)C(=O)N1CCCC1(C)C(=O)O. The van der Waals surface area contributed by atoms with Crippen LogP contribution in [0.4, 0.5) is 4.79 Å². The lowest BCUT2D eigenvalue weighted by molar-refractivity contribution is -0.147. The number of carboxylic acid groups (broad SMARTS) is 1. The zero-order chi connectivity index (χ0) is 14.9. The molecular formula is C14H25N3O3. The quantitative estimate of drug-likeness (QED) is 0.841. The lowest BCUT2D eigenvalue weighted by atomic mass is 10.00. The highest BCUT2D eigenvalue weighted by Gasteiger charge is 2.47. The fourth-order valence-corrected chi connectivity index (χ4v) is 3.30. The van der Waals surface area contributed by atoms with Crippen molar-refractivity contribution >= 4 is 12.0 Å². The van der Waals surface area contributed by atoms with Gasteiger partial charge in [0, 0.05) is 26.2 Å². The minimum Gasteiger partial charge on any atom is -0.480 e. The van der Waals surface area contributed by atoms with E-state index in [0.29, 0.717) is 25.6 Å². The molecule has 1 N–H and O–H groups in total. The van der Waals surface area contributed by atoms with Crippen LogP contribution < -0.4 is 0 Å². The number of rotatable bonds is 3. The molecule has 2 aliphatic heterocycles. The molecule has 0 aromatic heterocycles. The van der Waals surface area contributed by atoms with Gasteiger partial charge < -0.3 is 19.8 Å². The Morgan fingerprint density at radius 2 is 2.05 bits per heavy atom. The van der Waals surface area contributed by atoms with Gasteiger partial charge in [-0.3, -0.25) is 0 Å². The molecule has 6 heteroatoms. The number of carboxylic acids is 1. The van der Waals surface area contributed by atoms with Gasteiger partial charge in [-0.1, -0.05) is 0 Å². The lowest BCUT2D eigenvalue weighted by Crippen LogP contribution is -2.55. The van der Waals surface area contributed by atoms with Crippen LogP contribution in [0, 0.1) is 0 Å². The average Bonchev–Trinajstić information content (AvgIpc) is 2.96. The molecule has 6 nitrogen and oxygen atoms in total. The van der Waals surface area contributed by atoms with Crippen LogP contribution in [-0.4, -0.2) is 77.1 Å². The molecule has 2 fully saturated rings. The number of hydrogen-bond donors (Lipinski definition) is 1. The fourth-order valence-electron chi connectivity index (χ4n) is 3.30. The zero-order valence-electron chi connectivity index (χ0n) is 12.6. The molecule has 0 spiro atoms. The topological polar surface area (TPSA) is 64.1 Å². The zero-order valence-corrected chi connectivity index (χ0v) is 12.6. The number of nitrogens with zero attached hydrogens (tertiary/aromatic N) is 3. The fraction of sp³-hybridized carbons (Fsp3) is 0.857. The number of likely N-dealkylation sites (N-methyl/N-ethyl adjacent to an activating group) is 2. The van der Waals surface area contributed by atoms with E-state index >= 15 is 0 Å². The van der Waals surface area contributed by atoms with E-state index in [-0.39, 0.29) is 6.03 Å². The van der Waals surface area contributed by atoms with Gasteiger partial charge in [0.25, 0.3) is 0 Å². The van der Waals surface area contributed by atoms with E-state index < -0.39 is 11.5 Å². The summed E-state index contributed by atoms with van der Waals surface area (Å²) >= 11 is 0. The second-order valence-electron chi connectivity index (χ2n) is 6.27. The van der Waals surface area contributed by atoms with E-state index in [1.54, 1.807) is 18.9 Å². The van der Waals surface area contributed by atoms with E-state index in [2.05, 4.69) is 11.9 Å². The third-order valence-corrected chi connectivity index (χ3v) is 4.82. The summed E-state index contributed by atoms with van der Waals surface area (Å²) in [4.78, 5) is 29.4. The highest BCUT2D eigenvalue weighted by atomic mass is 16.4. The van der Waals surface area contributed by atoms with Crippen molar-refractivity contribution in [2.75, 3.05) is 33.7 Å². The molecule has 2 heterocycles. The molecule has 2 atom stereocenters. The van der Waals surface area contributed by atoms with Gasteiger partial charge in [0.1, 0.15) is 5.54 Å². The number of likely N-dealkylation sites (tertiary alicyclic amines) is 2. The largest absolute Gasteiger partial charge is 0.480 e. The maximum absolute atomic E-state index is 12.5. The molecule has 2 amide bonds. The van der Waals surface area contributed by atoms with Gasteiger partial charge >= 0.3 is 12.0 Å². The van der Waals surface area contributed by atoms with Crippen LogP contribution in [0.25, 0.3) is 0 Å². The Morgan fingerprint density at radius 1 is 1.35 bits per heavy atom. The van der Waals surface area contributed by atoms with Crippen molar-refractivity contribution in [2.45, 2.75) is 44.2 Å². The third kappa shape index (κ3) is 2.61. The first-order valence-corrected chi connectivity index (χ1v) is 7.32. The van der Waals surface area contributed by atoms with Gasteiger partial charge in [0.05, 0.1) is 0 Å². The molecule has 0 aromatic carbocycles. The van der Waals surface area contributed by atoms with Crippen LogP contribution in [-0.2, 0) is 4.79 Å². The van der Waals surface area contributed by atoms with Crippen molar-refractivity contribution < 1.29 is 14.7 Å². The number of carbonyl (C=O) groups excluding carboxylic acids is 1. The molecule has 0 aromatic rings. The number of carbonyl (C=O) groups is 2. The normalized spacial score (nSPS) is 30.8. The summed E-state index contributed by atoms with van der Waals surface area (Å²) in [7, 11) is 3.85. The predicted octanol–water partition coefficient (Wildman–Crippen LogP) is 1.07. The molecule has 2 unspecified atom stereocenters. The molecule has 0 bridgehead atoms. The molecule has 2 rings (SSSR count). The number of aliphatic carboxylic acids is 1. The summed E-state index contributed by atoms with van der Waals surface area (Å²) in [5.74, 6) is -0.908. The number of urea groups is 1. The average molecular weight is 283 g/mol. The molecule has 114 valence electrons. The minimum atomic E-state index is -1.05. The summed E-state index contributed by atoms with van der Waals surface area (Å²) in [5.41, 5.74) is -1.05. The third-order valence-electron chi connectivity index (χ3n) is 4.82. The van der Waals surface area contributed by atoms with E-state index in [0.717, 1.165) is 19.4 Å². The predicted molar refractivity (Wildman–Crippen MR) is 75.7 cm³/mol. The van der Waals surface area contributed by atoms with Crippen molar-refractivity contribution in [3.05, 3.63) is 0 Å². The Morgan fingerprint density at radius 3 is 2.60 bits per heavy atom. The first-order valence-electron chi connectivity index (χ1n) is 7.32. The highest BCUT2D eigenvalue weighted by Crippen LogP contribution is 2.30. The maximum Gasteiger partial charge on any atom is 0.329 e. The molecule has 2 aliphatic rings. The van der Waals surface area contributed by atoms with Crippen molar-refractivity contribution in [3.8, 4) is 0 Å². The number of amides is 2. The van der Waals surface area contributed by atoms with Crippen molar-refractivity contribution in [1.29, 1.82) is 0 Å². The standard InChI is InChI=1S/C14H25N3O3/c1-14(12(18)19)7-5-9-17(14)13(20)16(3)10-11-6-4-8-15(11)2/h11H,4-10H2,1-3H3,(H,18,19). The van der Waals surface area contributed by atoms with Crippen LogP contribution in [0.2, 0.25) is 0 Å². The Labute approximate surface area is 120 Å². The Balaban J connectivity index is 2.01.